The molecule has 198 valence electrons. The Hall–Kier alpha value is -3.71. The van der Waals surface area contributed by atoms with E-state index in [1.54, 1.807) is 29.6 Å². The molecular weight excluding hydrogens is 503 g/mol. The highest BCUT2D eigenvalue weighted by Crippen LogP contribution is 2.40. The molecule has 1 unspecified atom stereocenters. The number of aromatic amines is 1. The Morgan fingerprint density at radius 2 is 1.92 bits per heavy atom. The molecule has 1 aliphatic carbocycles. The average Bonchev–Trinajstić information content (AvgIpc) is 3.45. The number of hydrogen-bond donors (Lipinski definition) is 1. The number of aromatic nitrogens is 3. The number of benzene rings is 2. The van der Waals surface area contributed by atoms with Gasteiger partial charge in [0.1, 0.15) is 18.2 Å². The molecule has 2 aromatic carbocycles. The number of pyridine rings is 1. The molecule has 1 amide bonds. The summed E-state index contributed by atoms with van der Waals surface area (Å²) in [6.07, 6.45) is 7.21. The quantitative estimate of drug-likeness (QED) is 0.272. The largest absolute Gasteiger partial charge is 0.489 e. The number of H-pyrrole nitrogens is 1. The standard InChI is InChI=1S/C30H31FN4O2.ClH/c1-20(2)27-13-11-23(17-32-27)35(18-22-15-33-34-16-22)30(36)25-10-6-9-24-28(14-12-26(31)29(24)25)37-19-21-7-4-3-5-8-21;/h3-5,7-8,11-17,20,25H,6,9-10,18-19H2,1-2H3,(H,33,34);1H. The number of nitrogens with zero attached hydrogens (tertiary/aromatic N) is 3. The van der Waals surface area contributed by atoms with Crippen LogP contribution in [0.3, 0.4) is 0 Å². The van der Waals surface area contributed by atoms with Gasteiger partial charge in [-0.05, 0) is 55.0 Å². The van der Waals surface area contributed by atoms with E-state index in [1.807, 2.05) is 42.5 Å². The van der Waals surface area contributed by atoms with Crippen molar-refractivity contribution in [2.75, 3.05) is 4.90 Å². The lowest BCUT2D eigenvalue weighted by molar-refractivity contribution is -0.120. The van der Waals surface area contributed by atoms with Crippen LogP contribution in [0.5, 0.6) is 5.75 Å². The lowest BCUT2D eigenvalue weighted by Gasteiger charge is -2.32. The molecule has 6 nitrogen and oxygen atoms in total. The Bertz CT molecular complexity index is 1340. The van der Waals surface area contributed by atoms with Crippen molar-refractivity contribution in [2.24, 2.45) is 0 Å². The smallest absolute Gasteiger partial charge is 0.235 e. The maximum atomic E-state index is 15.4. The maximum absolute atomic E-state index is 15.4. The van der Waals surface area contributed by atoms with Gasteiger partial charge < -0.3 is 9.64 Å². The first-order valence-electron chi connectivity index (χ1n) is 12.7. The minimum absolute atomic E-state index is 0. The number of carbonyl (C=O) groups excluding carboxylic acids is 1. The van der Waals surface area contributed by atoms with E-state index in [2.05, 4.69) is 29.0 Å². The van der Waals surface area contributed by atoms with Crippen molar-refractivity contribution in [1.82, 2.24) is 15.2 Å². The van der Waals surface area contributed by atoms with Gasteiger partial charge in [-0.3, -0.25) is 14.9 Å². The normalized spacial score (nSPS) is 14.5. The number of anilines is 1. The summed E-state index contributed by atoms with van der Waals surface area (Å²) < 4.78 is 21.5. The predicted molar refractivity (Wildman–Crippen MR) is 148 cm³/mol. The summed E-state index contributed by atoms with van der Waals surface area (Å²) in [7, 11) is 0. The number of carbonyl (C=O) groups is 1. The predicted octanol–water partition coefficient (Wildman–Crippen LogP) is 6.72. The lowest BCUT2D eigenvalue weighted by Crippen LogP contribution is -2.36. The third kappa shape index (κ3) is 5.89. The van der Waals surface area contributed by atoms with Crippen LogP contribution in [0, 0.1) is 5.82 Å². The first-order chi connectivity index (χ1) is 18.0. The van der Waals surface area contributed by atoms with Gasteiger partial charge in [0.15, 0.2) is 0 Å². The zero-order valence-corrected chi connectivity index (χ0v) is 22.4. The highest BCUT2D eigenvalue weighted by atomic mass is 35.5. The van der Waals surface area contributed by atoms with Gasteiger partial charge in [-0.1, -0.05) is 44.2 Å². The third-order valence-corrected chi connectivity index (χ3v) is 6.90. The molecule has 2 aromatic heterocycles. The van der Waals surface area contributed by atoms with Gasteiger partial charge in [-0.25, -0.2) is 4.39 Å². The molecule has 1 aliphatic rings. The number of amides is 1. The number of ether oxygens (including phenoxy) is 1. The molecule has 0 radical (unpaired) electrons. The number of nitrogens with one attached hydrogen (secondary N) is 1. The highest BCUT2D eigenvalue weighted by molar-refractivity contribution is 5.98. The molecule has 38 heavy (non-hydrogen) atoms. The first-order valence-corrected chi connectivity index (χ1v) is 12.7. The monoisotopic (exact) mass is 534 g/mol. The SMILES string of the molecule is CC(C)c1ccc(N(Cc2cn[nH]c2)C(=O)C2CCCc3c(OCc4ccccc4)ccc(F)c32)cn1.Cl. The molecule has 0 saturated heterocycles. The Kier molecular flexibility index (Phi) is 8.79. The fourth-order valence-electron chi connectivity index (χ4n) is 4.93. The van der Waals surface area contributed by atoms with E-state index in [1.165, 1.54) is 6.07 Å². The average molecular weight is 535 g/mol. The van der Waals surface area contributed by atoms with E-state index in [-0.39, 0.29) is 30.0 Å². The summed E-state index contributed by atoms with van der Waals surface area (Å²) >= 11 is 0. The molecule has 0 spiro atoms. The van der Waals surface area contributed by atoms with Gasteiger partial charge in [0.05, 0.1) is 30.5 Å². The van der Waals surface area contributed by atoms with Crippen molar-refractivity contribution in [3.05, 3.63) is 107 Å². The molecule has 0 bridgehead atoms. The second-order valence-electron chi connectivity index (χ2n) is 9.78. The van der Waals surface area contributed by atoms with Crippen LogP contribution >= 0.6 is 12.4 Å². The molecule has 8 heteroatoms. The number of rotatable bonds is 8. The van der Waals surface area contributed by atoms with Crippen LogP contribution < -0.4 is 9.64 Å². The summed E-state index contributed by atoms with van der Waals surface area (Å²) in [6, 6.07) is 16.8. The van der Waals surface area contributed by atoms with Crippen molar-refractivity contribution >= 4 is 24.0 Å². The second-order valence-corrected chi connectivity index (χ2v) is 9.78. The zero-order chi connectivity index (χ0) is 25.8. The molecule has 5 rings (SSSR count). The van der Waals surface area contributed by atoms with E-state index in [9.17, 15) is 4.79 Å². The van der Waals surface area contributed by atoms with Crippen LogP contribution in [0.2, 0.25) is 0 Å². The van der Waals surface area contributed by atoms with Crippen LogP contribution in [0.1, 0.15) is 66.5 Å². The molecular formula is C30H32ClFN4O2. The van der Waals surface area contributed by atoms with Gasteiger partial charge in [0.2, 0.25) is 5.91 Å². The van der Waals surface area contributed by atoms with E-state index < -0.39 is 5.92 Å². The van der Waals surface area contributed by atoms with Crippen molar-refractivity contribution in [2.45, 2.75) is 58.1 Å². The van der Waals surface area contributed by atoms with Gasteiger partial charge >= 0.3 is 0 Å². The van der Waals surface area contributed by atoms with Crippen molar-refractivity contribution < 1.29 is 13.9 Å². The molecule has 0 saturated carbocycles. The second kappa shape index (κ2) is 12.2. The van der Waals surface area contributed by atoms with Gasteiger partial charge in [0, 0.05) is 28.6 Å². The lowest BCUT2D eigenvalue weighted by atomic mass is 9.81. The van der Waals surface area contributed by atoms with Crippen LogP contribution in [0.15, 0.2) is 73.2 Å². The van der Waals surface area contributed by atoms with Crippen molar-refractivity contribution in [3.8, 4) is 5.75 Å². The van der Waals surface area contributed by atoms with E-state index in [0.29, 0.717) is 43.0 Å². The van der Waals surface area contributed by atoms with Crippen LogP contribution in [0.25, 0.3) is 0 Å². The van der Waals surface area contributed by atoms with Crippen LogP contribution in [-0.2, 0) is 24.4 Å². The minimum Gasteiger partial charge on any atom is -0.489 e. The van der Waals surface area contributed by atoms with Crippen molar-refractivity contribution in [3.63, 3.8) is 0 Å². The zero-order valence-electron chi connectivity index (χ0n) is 21.6. The topological polar surface area (TPSA) is 71.1 Å². The third-order valence-electron chi connectivity index (χ3n) is 6.90. The van der Waals surface area contributed by atoms with Crippen molar-refractivity contribution in [1.29, 1.82) is 0 Å². The van der Waals surface area contributed by atoms with E-state index in [4.69, 9.17) is 4.74 Å². The fourth-order valence-corrected chi connectivity index (χ4v) is 4.93. The fraction of sp³-hybridized carbons (Fsp3) is 0.300. The van der Waals surface area contributed by atoms with Crippen LogP contribution in [-0.4, -0.2) is 21.1 Å². The summed E-state index contributed by atoms with van der Waals surface area (Å²) in [4.78, 5) is 20.4. The Labute approximate surface area is 228 Å². The number of halogens is 2. The molecule has 4 aromatic rings. The summed E-state index contributed by atoms with van der Waals surface area (Å²) in [6.45, 7) is 4.86. The maximum Gasteiger partial charge on any atom is 0.235 e. The minimum atomic E-state index is -0.610. The van der Waals surface area contributed by atoms with Gasteiger partial charge in [-0.2, -0.15) is 5.10 Å². The Morgan fingerprint density at radius 1 is 1.11 bits per heavy atom. The summed E-state index contributed by atoms with van der Waals surface area (Å²) in [5.41, 5.74) is 4.77. The molecule has 1 N–H and O–H groups in total. The first kappa shape index (κ1) is 27.3. The van der Waals surface area contributed by atoms with Gasteiger partial charge in [-0.15, -0.1) is 12.4 Å². The Balaban J connectivity index is 0.00000336. The number of fused-ring (bicyclic) bond motifs is 1. The highest BCUT2D eigenvalue weighted by Gasteiger charge is 2.35. The molecule has 0 fully saturated rings. The van der Waals surface area contributed by atoms with Crippen LogP contribution in [0.4, 0.5) is 10.1 Å². The Morgan fingerprint density at radius 3 is 2.61 bits per heavy atom. The van der Waals surface area contributed by atoms with E-state index in [0.717, 1.165) is 28.8 Å². The molecule has 2 heterocycles. The molecule has 0 aliphatic heterocycles. The number of hydrogen-bond acceptors (Lipinski definition) is 4. The summed E-state index contributed by atoms with van der Waals surface area (Å²) in [5.74, 6) is -0.208. The van der Waals surface area contributed by atoms with E-state index >= 15 is 4.39 Å². The van der Waals surface area contributed by atoms with Gasteiger partial charge in [0.25, 0.3) is 0 Å². The summed E-state index contributed by atoms with van der Waals surface area (Å²) in [5, 5.41) is 6.84. The molecule has 1 atom stereocenters.